The molecule has 0 spiro atoms. The molecule has 4 heteroatoms. The van der Waals surface area contributed by atoms with Crippen molar-refractivity contribution in [2.24, 2.45) is 5.41 Å². The van der Waals surface area contributed by atoms with Gasteiger partial charge in [0.15, 0.2) is 0 Å². The van der Waals surface area contributed by atoms with Gasteiger partial charge in [-0.15, -0.1) is 0 Å². The molecule has 0 atom stereocenters. The van der Waals surface area contributed by atoms with Crippen molar-refractivity contribution in [2.45, 2.75) is 85.9 Å². The topological polar surface area (TPSA) is 49.4 Å². The van der Waals surface area contributed by atoms with E-state index < -0.39 is 0 Å². The molecule has 0 saturated heterocycles. The van der Waals surface area contributed by atoms with Crippen LogP contribution in [-0.2, 0) is 18.5 Å². The summed E-state index contributed by atoms with van der Waals surface area (Å²) >= 11 is 0. The molecule has 1 saturated carbocycles. The first-order valence-corrected chi connectivity index (χ1v) is 11.6. The normalized spacial score (nSPS) is 16.9. The second kappa shape index (κ2) is 9.09. The smallest absolute Gasteiger partial charge is 0.254 e. The first kappa shape index (κ1) is 24.0. The summed E-state index contributed by atoms with van der Waals surface area (Å²) < 4.78 is 0. The number of carbonyl (C=O) groups is 2. The molecule has 2 aromatic carbocycles. The molecule has 1 fully saturated rings. The van der Waals surface area contributed by atoms with E-state index in [0.29, 0.717) is 18.0 Å². The van der Waals surface area contributed by atoms with E-state index >= 15 is 0 Å². The Morgan fingerprint density at radius 1 is 0.844 bits per heavy atom. The fourth-order valence-electron chi connectivity index (χ4n) is 3.66. The first-order chi connectivity index (χ1) is 14.8. The summed E-state index contributed by atoms with van der Waals surface area (Å²) in [5.41, 5.74) is 6.04. The summed E-state index contributed by atoms with van der Waals surface area (Å²) in [5, 5.41) is 2.75. The Hall–Kier alpha value is -2.62. The molecule has 3 aliphatic rings. The number of nitrogens with zero attached hydrogens (tertiary/aromatic N) is 1. The molecule has 32 heavy (non-hydrogen) atoms. The van der Waals surface area contributed by atoms with E-state index in [1.807, 2.05) is 35.2 Å². The van der Waals surface area contributed by atoms with Gasteiger partial charge >= 0.3 is 0 Å². The summed E-state index contributed by atoms with van der Waals surface area (Å²) in [5.74, 6) is 0.290. The van der Waals surface area contributed by atoms with E-state index in [9.17, 15) is 9.59 Å². The van der Waals surface area contributed by atoms with Gasteiger partial charge in [-0.05, 0) is 52.5 Å². The zero-order chi connectivity index (χ0) is 23.7. The third kappa shape index (κ3) is 6.21. The van der Waals surface area contributed by atoms with Gasteiger partial charge in [-0.3, -0.25) is 9.59 Å². The zero-order valence-corrected chi connectivity index (χ0v) is 20.7. The molecule has 1 N–H and O–H groups in total. The van der Waals surface area contributed by atoms with E-state index in [-0.39, 0.29) is 17.2 Å². The summed E-state index contributed by atoms with van der Waals surface area (Å²) in [7, 11) is 0. The highest BCUT2D eigenvalue weighted by molar-refractivity contribution is 5.99. The van der Waals surface area contributed by atoms with Crippen LogP contribution in [0, 0.1) is 5.41 Å². The standard InChI is InChI=1S/C15H19NO.C8H7NO.C5H12/c1-15(2,3)11-4-7-13-10(8-11)9-16(14(13)17)12-5-6-12;10-8-7-4-2-1-3-6(7)5-9-8;1-5(2,3)4/h4,7-8,12H,5-6,9H2,1-3H3;1-4H,5H2,(H,9,10);1-4H3. The van der Waals surface area contributed by atoms with Crippen molar-refractivity contribution in [3.05, 3.63) is 70.3 Å². The average molecular weight is 435 g/mol. The maximum absolute atomic E-state index is 12.2. The highest BCUT2D eigenvalue weighted by Gasteiger charge is 2.38. The minimum Gasteiger partial charge on any atom is -0.348 e. The van der Waals surface area contributed by atoms with Gasteiger partial charge in [0.25, 0.3) is 11.8 Å². The van der Waals surface area contributed by atoms with Crippen LogP contribution in [0.4, 0.5) is 0 Å². The van der Waals surface area contributed by atoms with Gasteiger partial charge in [-0.2, -0.15) is 0 Å². The average Bonchev–Trinajstić information content (AvgIpc) is 3.39. The van der Waals surface area contributed by atoms with Gasteiger partial charge in [-0.1, -0.05) is 78.8 Å². The predicted molar refractivity (Wildman–Crippen MR) is 131 cm³/mol. The number of carbonyl (C=O) groups excluding carboxylic acids is 2. The maximum Gasteiger partial charge on any atom is 0.254 e. The predicted octanol–water partition coefficient (Wildman–Crippen LogP) is 6.08. The van der Waals surface area contributed by atoms with Crippen LogP contribution in [0.25, 0.3) is 0 Å². The van der Waals surface area contributed by atoms with E-state index in [0.717, 1.165) is 23.2 Å². The van der Waals surface area contributed by atoms with Crippen molar-refractivity contribution < 1.29 is 9.59 Å². The van der Waals surface area contributed by atoms with E-state index in [1.54, 1.807) is 0 Å². The van der Waals surface area contributed by atoms with E-state index in [2.05, 4.69) is 65.9 Å². The third-order valence-electron chi connectivity index (χ3n) is 5.49. The summed E-state index contributed by atoms with van der Waals surface area (Å²) in [6, 6.07) is 14.5. The van der Waals surface area contributed by atoms with Crippen molar-refractivity contribution in [2.75, 3.05) is 0 Å². The van der Waals surface area contributed by atoms with E-state index in [4.69, 9.17) is 0 Å². The van der Waals surface area contributed by atoms with Crippen molar-refractivity contribution in [1.82, 2.24) is 10.2 Å². The van der Waals surface area contributed by atoms with Crippen LogP contribution in [0.5, 0.6) is 0 Å². The number of benzene rings is 2. The number of hydrogen-bond acceptors (Lipinski definition) is 2. The summed E-state index contributed by atoms with van der Waals surface area (Å²) in [6.45, 7) is 16.9. The Labute approximate surface area is 193 Å². The molecule has 172 valence electrons. The Morgan fingerprint density at radius 3 is 2.03 bits per heavy atom. The molecular formula is C28H38N2O2. The van der Waals surface area contributed by atoms with Crippen LogP contribution in [0.2, 0.25) is 0 Å². The van der Waals surface area contributed by atoms with E-state index in [1.165, 1.54) is 24.0 Å². The van der Waals surface area contributed by atoms with Gasteiger partial charge in [0.1, 0.15) is 0 Å². The molecule has 2 heterocycles. The van der Waals surface area contributed by atoms with Crippen molar-refractivity contribution in [3.8, 4) is 0 Å². The van der Waals surface area contributed by atoms with Crippen LogP contribution < -0.4 is 5.32 Å². The molecule has 1 aliphatic carbocycles. The fraction of sp³-hybridized carbons (Fsp3) is 0.500. The molecule has 0 aromatic heterocycles. The zero-order valence-electron chi connectivity index (χ0n) is 20.7. The number of amides is 2. The SMILES string of the molecule is CC(C)(C)C.CC(C)(C)c1ccc2c(c1)CN(C1CC1)C2=O.O=C1NCc2ccccc21. The minimum atomic E-state index is 0.0515. The molecule has 0 bridgehead atoms. The van der Waals surface area contributed by atoms with Gasteiger partial charge in [0.2, 0.25) is 0 Å². The Bertz CT molecular complexity index is 985. The molecule has 4 nitrogen and oxygen atoms in total. The van der Waals surface area contributed by atoms with Crippen molar-refractivity contribution in [1.29, 1.82) is 0 Å². The van der Waals surface area contributed by atoms with Crippen LogP contribution in [0.15, 0.2) is 42.5 Å². The second-order valence-electron chi connectivity index (χ2n) is 11.6. The Balaban J connectivity index is 0.000000163. The molecule has 2 amide bonds. The number of rotatable bonds is 1. The van der Waals surface area contributed by atoms with Gasteiger partial charge in [0.05, 0.1) is 0 Å². The minimum absolute atomic E-state index is 0.0515. The monoisotopic (exact) mass is 434 g/mol. The summed E-state index contributed by atoms with van der Waals surface area (Å²) in [4.78, 5) is 25.2. The second-order valence-corrected chi connectivity index (χ2v) is 11.6. The van der Waals surface area contributed by atoms with Crippen LogP contribution in [0.1, 0.15) is 98.7 Å². The summed E-state index contributed by atoms with van der Waals surface area (Å²) in [6.07, 6.45) is 2.37. The van der Waals surface area contributed by atoms with Crippen molar-refractivity contribution in [3.63, 3.8) is 0 Å². The molecule has 0 unspecified atom stereocenters. The lowest BCUT2D eigenvalue weighted by atomic mass is 9.85. The molecule has 2 aliphatic heterocycles. The van der Waals surface area contributed by atoms with Crippen molar-refractivity contribution >= 4 is 11.8 Å². The highest BCUT2D eigenvalue weighted by atomic mass is 16.2. The fourth-order valence-corrected chi connectivity index (χ4v) is 3.66. The highest BCUT2D eigenvalue weighted by Crippen LogP contribution is 2.36. The third-order valence-corrected chi connectivity index (χ3v) is 5.49. The molecular weight excluding hydrogens is 396 g/mol. The number of fused-ring (bicyclic) bond motifs is 2. The van der Waals surface area contributed by atoms with Crippen LogP contribution in [-0.4, -0.2) is 22.8 Å². The van der Waals surface area contributed by atoms with Crippen LogP contribution >= 0.6 is 0 Å². The molecule has 2 aromatic rings. The quantitative estimate of drug-likeness (QED) is 0.591. The largest absolute Gasteiger partial charge is 0.348 e. The number of nitrogens with one attached hydrogen (secondary N) is 1. The molecule has 0 radical (unpaired) electrons. The Morgan fingerprint density at radius 2 is 1.47 bits per heavy atom. The Kier molecular flexibility index (Phi) is 6.83. The van der Waals surface area contributed by atoms with Gasteiger partial charge < -0.3 is 10.2 Å². The lowest BCUT2D eigenvalue weighted by Crippen LogP contribution is -2.25. The van der Waals surface area contributed by atoms with Gasteiger partial charge in [-0.25, -0.2) is 0 Å². The number of hydrogen-bond donors (Lipinski definition) is 1. The van der Waals surface area contributed by atoms with Gasteiger partial charge in [0, 0.05) is 30.3 Å². The lowest BCUT2D eigenvalue weighted by molar-refractivity contribution is 0.0766. The lowest BCUT2D eigenvalue weighted by Gasteiger charge is -2.19. The maximum atomic E-state index is 12.2. The first-order valence-electron chi connectivity index (χ1n) is 11.6. The van der Waals surface area contributed by atoms with Crippen LogP contribution in [0.3, 0.4) is 0 Å². The molecule has 5 rings (SSSR count).